The van der Waals surface area contributed by atoms with Crippen LogP contribution in [0.4, 0.5) is 0 Å². The molecule has 2 aliphatic carbocycles. The molecule has 1 N–H and O–H groups in total. The van der Waals surface area contributed by atoms with E-state index in [1.54, 1.807) is 0 Å². The van der Waals surface area contributed by atoms with Crippen molar-refractivity contribution in [2.45, 2.75) is 79.6 Å². The van der Waals surface area contributed by atoms with E-state index < -0.39 is 0 Å². The van der Waals surface area contributed by atoms with Gasteiger partial charge in [0.1, 0.15) is 0 Å². The highest BCUT2D eigenvalue weighted by Crippen LogP contribution is 2.62. The third-order valence-electron chi connectivity index (χ3n) is 7.01. The quantitative estimate of drug-likeness (QED) is 0.670. The molecular formula is C20H36O. The van der Waals surface area contributed by atoms with Gasteiger partial charge in [0.2, 0.25) is 0 Å². The normalized spacial score (nSPS) is 39.9. The minimum absolute atomic E-state index is 0.193. The van der Waals surface area contributed by atoms with Crippen molar-refractivity contribution in [3.63, 3.8) is 0 Å². The maximum absolute atomic E-state index is 9.06. The maximum atomic E-state index is 9.06. The van der Waals surface area contributed by atoms with E-state index in [0.717, 1.165) is 24.2 Å². The van der Waals surface area contributed by atoms with Gasteiger partial charge in [0, 0.05) is 0 Å². The van der Waals surface area contributed by atoms with Crippen molar-refractivity contribution >= 4 is 0 Å². The van der Waals surface area contributed by atoms with E-state index in [1.165, 1.54) is 44.1 Å². The summed E-state index contributed by atoms with van der Waals surface area (Å²) in [5, 5.41) is 9.06. The van der Waals surface area contributed by atoms with Gasteiger partial charge in [-0.2, -0.15) is 0 Å². The summed E-state index contributed by atoms with van der Waals surface area (Å²) in [4.78, 5) is 0. The van der Waals surface area contributed by atoms with E-state index >= 15 is 0 Å². The second-order valence-electron chi connectivity index (χ2n) is 8.83. The Balaban J connectivity index is 2.15. The lowest BCUT2D eigenvalue weighted by Gasteiger charge is -2.59. The van der Waals surface area contributed by atoms with Crippen LogP contribution in [0.1, 0.15) is 79.6 Å². The van der Waals surface area contributed by atoms with Crippen LogP contribution < -0.4 is 0 Å². The van der Waals surface area contributed by atoms with Crippen LogP contribution in [-0.4, -0.2) is 11.7 Å². The Morgan fingerprint density at radius 3 is 2.57 bits per heavy atom. The maximum Gasteiger partial charge on any atom is 0.0614 e. The van der Waals surface area contributed by atoms with Gasteiger partial charge >= 0.3 is 0 Å². The molecule has 0 aromatic rings. The largest absolute Gasteiger partial charge is 0.392 e. The van der Waals surface area contributed by atoms with Gasteiger partial charge in [-0.3, -0.25) is 0 Å². The van der Waals surface area contributed by atoms with Gasteiger partial charge in [0.05, 0.1) is 6.61 Å². The highest BCUT2D eigenvalue weighted by atomic mass is 16.2. The van der Waals surface area contributed by atoms with Crippen LogP contribution in [-0.2, 0) is 0 Å². The number of fused-ring (bicyclic) bond motifs is 1. The van der Waals surface area contributed by atoms with Gasteiger partial charge in [0.15, 0.2) is 0 Å². The second kappa shape index (κ2) is 6.44. The molecule has 0 amide bonds. The molecule has 2 rings (SSSR count). The molecule has 0 heterocycles. The third-order valence-corrected chi connectivity index (χ3v) is 7.01. The molecular weight excluding hydrogens is 256 g/mol. The van der Waals surface area contributed by atoms with Gasteiger partial charge in [-0.05, 0) is 67.6 Å². The van der Waals surface area contributed by atoms with Crippen molar-refractivity contribution in [1.82, 2.24) is 0 Å². The standard InChI is InChI=1S/C20H36O/c1-15(11-14-21)7-9-17-16(2)8-10-18-19(3,4)12-6-13-20(17,18)5/h11,16-18,21H,6-10,12-14H2,1-5H3/b15-11+/t16-,17-,18?,20+/m0/s1. The van der Waals surface area contributed by atoms with Crippen molar-refractivity contribution in [2.24, 2.45) is 28.6 Å². The average molecular weight is 293 g/mol. The molecule has 0 aliphatic heterocycles. The smallest absolute Gasteiger partial charge is 0.0614 e. The lowest BCUT2D eigenvalue weighted by atomic mass is 9.46. The highest BCUT2D eigenvalue weighted by Gasteiger charge is 2.53. The molecule has 1 heteroatoms. The molecule has 0 spiro atoms. The summed E-state index contributed by atoms with van der Waals surface area (Å²) in [6, 6.07) is 0. The predicted molar refractivity (Wildman–Crippen MR) is 91.2 cm³/mol. The van der Waals surface area contributed by atoms with Gasteiger partial charge < -0.3 is 5.11 Å². The minimum Gasteiger partial charge on any atom is -0.392 e. The molecule has 122 valence electrons. The molecule has 1 nitrogen and oxygen atoms in total. The number of hydrogen-bond acceptors (Lipinski definition) is 1. The van der Waals surface area contributed by atoms with Gasteiger partial charge in [-0.25, -0.2) is 0 Å². The zero-order valence-corrected chi connectivity index (χ0v) is 14.9. The minimum atomic E-state index is 0.193. The Kier molecular flexibility index (Phi) is 5.23. The van der Waals surface area contributed by atoms with E-state index in [0.29, 0.717) is 10.8 Å². The van der Waals surface area contributed by atoms with E-state index in [9.17, 15) is 0 Å². The van der Waals surface area contributed by atoms with Crippen molar-refractivity contribution in [2.75, 3.05) is 6.61 Å². The Bertz CT molecular complexity index is 381. The lowest BCUT2D eigenvalue weighted by Crippen LogP contribution is -2.51. The number of allylic oxidation sites excluding steroid dienone is 1. The first kappa shape index (κ1) is 17.1. The van der Waals surface area contributed by atoms with E-state index in [1.807, 2.05) is 6.08 Å². The summed E-state index contributed by atoms with van der Waals surface area (Å²) < 4.78 is 0. The van der Waals surface area contributed by atoms with Crippen molar-refractivity contribution in [1.29, 1.82) is 0 Å². The number of aliphatic hydroxyl groups excluding tert-OH is 1. The van der Waals surface area contributed by atoms with E-state index in [4.69, 9.17) is 5.11 Å². The SMILES string of the molecule is C/C(=C\CO)CC[C@H]1[C@@H](C)CCC2C(C)(C)CCC[C@@]21C. The van der Waals surface area contributed by atoms with Crippen LogP contribution >= 0.6 is 0 Å². The van der Waals surface area contributed by atoms with Gasteiger partial charge in [-0.15, -0.1) is 0 Å². The molecule has 0 radical (unpaired) electrons. The predicted octanol–water partition coefficient (Wildman–Crippen LogP) is 5.58. The summed E-state index contributed by atoms with van der Waals surface area (Å²) in [6.45, 7) is 12.5. The van der Waals surface area contributed by atoms with Crippen LogP contribution in [0.15, 0.2) is 11.6 Å². The fourth-order valence-electron chi connectivity index (χ4n) is 5.87. The summed E-state index contributed by atoms with van der Waals surface area (Å²) in [5.74, 6) is 2.63. The van der Waals surface area contributed by atoms with E-state index in [-0.39, 0.29) is 6.61 Å². The van der Waals surface area contributed by atoms with E-state index in [2.05, 4.69) is 34.6 Å². The number of hydrogen-bond donors (Lipinski definition) is 1. The monoisotopic (exact) mass is 292 g/mol. The zero-order valence-electron chi connectivity index (χ0n) is 14.9. The summed E-state index contributed by atoms with van der Waals surface area (Å²) in [5.41, 5.74) is 2.44. The number of rotatable bonds is 4. The molecule has 2 fully saturated rings. The summed E-state index contributed by atoms with van der Waals surface area (Å²) in [7, 11) is 0. The van der Waals surface area contributed by atoms with Crippen molar-refractivity contribution in [3.8, 4) is 0 Å². The topological polar surface area (TPSA) is 20.2 Å². The molecule has 2 aliphatic rings. The average Bonchev–Trinajstić information content (AvgIpc) is 2.37. The highest BCUT2D eigenvalue weighted by molar-refractivity contribution is 5.05. The van der Waals surface area contributed by atoms with Crippen LogP contribution in [0.5, 0.6) is 0 Å². The van der Waals surface area contributed by atoms with Crippen LogP contribution in [0.2, 0.25) is 0 Å². The lowest BCUT2D eigenvalue weighted by molar-refractivity contribution is -0.0957. The number of aliphatic hydroxyl groups is 1. The molecule has 4 atom stereocenters. The van der Waals surface area contributed by atoms with Crippen LogP contribution in [0.25, 0.3) is 0 Å². The van der Waals surface area contributed by atoms with Crippen molar-refractivity contribution < 1.29 is 5.11 Å². The first-order chi connectivity index (χ1) is 9.81. The molecule has 2 saturated carbocycles. The Morgan fingerprint density at radius 2 is 1.90 bits per heavy atom. The molecule has 1 unspecified atom stereocenters. The Morgan fingerprint density at radius 1 is 1.19 bits per heavy atom. The van der Waals surface area contributed by atoms with Gasteiger partial charge in [0.25, 0.3) is 0 Å². The second-order valence-corrected chi connectivity index (χ2v) is 8.83. The fourth-order valence-corrected chi connectivity index (χ4v) is 5.87. The van der Waals surface area contributed by atoms with Crippen molar-refractivity contribution in [3.05, 3.63) is 11.6 Å². The molecule has 21 heavy (non-hydrogen) atoms. The molecule has 0 bridgehead atoms. The first-order valence-electron chi connectivity index (χ1n) is 9.08. The van der Waals surface area contributed by atoms with Gasteiger partial charge in [-0.1, -0.05) is 52.2 Å². The van der Waals surface area contributed by atoms with Crippen LogP contribution in [0.3, 0.4) is 0 Å². The zero-order chi connectivity index (χ0) is 15.7. The molecule has 0 saturated heterocycles. The first-order valence-corrected chi connectivity index (χ1v) is 9.08. The molecule has 0 aromatic carbocycles. The Labute approximate surface area is 132 Å². The molecule has 0 aromatic heterocycles. The summed E-state index contributed by atoms with van der Waals surface area (Å²) in [6.07, 6.45) is 11.6. The Hall–Kier alpha value is -0.300. The fraction of sp³-hybridized carbons (Fsp3) is 0.900. The third kappa shape index (κ3) is 3.38. The summed E-state index contributed by atoms with van der Waals surface area (Å²) >= 11 is 0. The van der Waals surface area contributed by atoms with Crippen LogP contribution in [0, 0.1) is 28.6 Å².